The number of hydrogen-bond donors (Lipinski definition) is 1. The predicted molar refractivity (Wildman–Crippen MR) is 72.0 cm³/mol. The number of anilines is 1. The molecule has 0 aliphatic carbocycles. The van der Waals surface area contributed by atoms with Gasteiger partial charge in [-0.15, -0.1) is 0 Å². The van der Waals surface area contributed by atoms with Gasteiger partial charge in [0, 0.05) is 18.4 Å². The summed E-state index contributed by atoms with van der Waals surface area (Å²) >= 11 is 0. The van der Waals surface area contributed by atoms with Gasteiger partial charge in [0.05, 0.1) is 17.4 Å². The largest absolute Gasteiger partial charge is 0.328 e. The molecule has 1 aliphatic heterocycles. The van der Waals surface area contributed by atoms with Crippen LogP contribution in [0.4, 0.5) is 10.5 Å². The van der Waals surface area contributed by atoms with Crippen LogP contribution in [-0.4, -0.2) is 23.5 Å². The Morgan fingerprint density at radius 1 is 1.26 bits per heavy atom. The van der Waals surface area contributed by atoms with E-state index in [4.69, 9.17) is 0 Å². The minimum Gasteiger partial charge on any atom is -0.292 e. The van der Waals surface area contributed by atoms with Crippen molar-refractivity contribution < 1.29 is 9.59 Å². The lowest BCUT2D eigenvalue weighted by molar-refractivity contribution is -0.120. The summed E-state index contributed by atoms with van der Waals surface area (Å²) in [7, 11) is 0. The number of aryl methyl sites for hydroxylation is 1. The van der Waals surface area contributed by atoms with Crippen molar-refractivity contribution in [1.82, 2.24) is 10.3 Å². The smallest absolute Gasteiger partial charge is 0.292 e. The fourth-order valence-corrected chi connectivity index (χ4v) is 2.33. The molecule has 5 nitrogen and oxygen atoms in total. The highest BCUT2D eigenvalue weighted by molar-refractivity contribution is 6.06. The summed E-state index contributed by atoms with van der Waals surface area (Å²) in [4.78, 5) is 29.0. The van der Waals surface area contributed by atoms with Crippen molar-refractivity contribution >= 4 is 28.5 Å². The van der Waals surface area contributed by atoms with Crippen molar-refractivity contribution in [3.63, 3.8) is 0 Å². The van der Waals surface area contributed by atoms with Gasteiger partial charge in [0.2, 0.25) is 5.91 Å². The second-order valence-corrected chi connectivity index (χ2v) is 4.54. The monoisotopic (exact) mass is 255 g/mol. The molecule has 5 heteroatoms. The van der Waals surface area contributed by atoms with Gasteiger partial charge < -0.3 is 0 Å². The van der Waals surface area contributed by atoms with E-state index < -0.39 is 0 Å². The zero-order valence-electron chi connectivity index (χ0n) is 10.5. The van der Waals surface area contributed by atoms with Crippen LogP contribution in [0.15, 0.2) is 30.5 Å². The van der Waals surface area contributed by atoms with Gasteiger partial charge in [0.25, 0.3) is 0 Å². The number of amides is 3. The summed E-state index contributed by atoms with van der Waals surface area (Å²) in [6.07, 6.45) is 2.01. The molecule has 1 N–H and O–H groups in total. The molecule has 0 bridgehead atoms. The zero-order chi connectivity index (χ0) is 13.4. The number of aromatic nitrogens is 1. The molecule has 0 unspecified atom stereocenters. The van der Waals surface area contributed by atoms with Crippen LogP contribution in [0.3, 0.4) is 0 Å². The fourth-order valence-electron chi connectivity index (χ4n) is 2.33. The van der Waals surface area contributed by atoms with Crippen molar-refractivity contribution in [3.05, 3.63) is 36.0 Å². The molecule has 1 aromatic heterocycles. The van der Waals surface area contributed by atoms with Crippen LogP contribution in [0.1, 0.15) is 12.0 Å². The molecule has 3 rings (SSSR count). The number of benzene rings is 1. The van der Waals surface area contributed by atoms with E-state index in [0.29, 0.717) is 13.0 Å². The van der Waals surface area contributed by atoms with Gasteiger partial charge in [-0.25, -0.2) is 4.79 Å². The van der Waals surface area contributed by atoms with Crippen molar-refractivity contribution in [1.29, 1.82) is 0 Å². The Bertz CT molecular complexity index is 681. The third-order valence-electron chi connectivity index (χ3n) is 3.36. The molecule has 0 radical (unpaired) electrons. The van der Waals surface area contributed by atoms with Gasteiger partial charge in [0.15, 0.2) is 0 Å². The number of para-hydroxylation sites is 1. The highest BCUT2D eigenvalue weighted by Crippen LogP contribution is 2.27. The molecule has 1 fully saturated rings. The number of nitrogens with zero attached hydrogens (tertiary/aromatic N) is 2. The van der Waals surface area contributed by atoms with E-state index in [1.165, 1.54) is 0 Å². The van der Waals surface area contributed by atoms with E-state index in [9.17, 15) is 9.59 Å². The van der Waals surface area contributed by atoms with E-state index in [1.54, 1.807) is 11.1 Å². The predicted octanol–water partition coefficient (Wildman–Crippen LogP) is 1.99. The molecule has 1 aliphatic rings. The van der Waals surface area contributed by atoms with E-state index >= 15 is 0 Å². The third kappa shape index (κ3) is 1.93. The number of pyridine rings is 1. The highest BCUT2D eigenvalue weighted by atomic mass is 16.2. The first-order valence-electron chi connectivity index (χ1n) is 6.12. The Balaban J connectivity index is 2.08. The van der Waals surface area contributed by atoms with Gasteiger partial charge >= 0.3 is 6.03 Å². The Kier molecular flexibility index (Phi) is 2.67. The maximum atomic E-state index is 11.9. The van der Waals surface area contributed by atoms with Crippen LogP contribution in [0.25, 0.3) is 10.9 Å². The summed E-state index contributed by atoms with van der Waals surface area (Å²) in [5.41, 5.74) is 2.65. The molecule has 1 aromatic carbocycles. The normalized spacial score (nSPS) is 15.7. The van der Waals surface area contributed by atoms with Crippen LogP contribution in [-0.2, 0) is 4.79 Å². The SMILES string of the molecule is Cc1c(N2CCC(=O)NC2=O)cnc2ccccc12. The molecule has 2 heterocycles. The van der Waals surface area contributed by atoms with Crippen molar-refractivity contribution in [2.75, 3.05) is 11.4 Å². The van der Waals surface area contributed by atoms with Crippen molar-refractivity contribution in [2.45, 2.75) is 13.3 Å². The van der Waals surface area contributed by atoms with Crippen LogP contribution >= 0.6 is 0 Å². The van der Waals surface area contributed by atoms with Gasteiger partial charge in [-0.3, -0.25) is 20.0 Å². The highest BCUT2D eigenvalue weighted by Gasteiger charge is 2.25. The lowest BCUT2D eigenvalue weighted by Gasteiger charge is -2.27. The minimum absolute atomic E-state index is 0.229. The lowest BCUT2D eigenvalue weighted by atomic mass is 10.1. The van der Waals surface area contributed by atoms with E-state index in [0.717, 1.165) is 22.2 Å². The van der Waals surface area contributed by atoms with Gasteiger partial charge in [0.1, 0.15) is 0 Å². The first kappa shape index (κ1) is 11.6. The van der Waals surface area contributed by atoms with Crippen molar-refractivity contribution in [3.8, 4) is 0 Å². The third-order valence-corrected chi connectivity index (χ3v) is 3.36. The molecule has 1 saturated heterocycles. The van der Waals surface area contributed by atoms with Gasteiger partial charge in [-0.05, 0) is 18.6 Å². The molecule has 3 amide bonds. The van der Waals surface area contributed by atoms with Crippen LogP contribution < -0.4 is 10.2 Å². The topological polar surface area (TPSA) is 62.3 Å². The molecule has 2 aromatic rings. The van der Waals surface area contributed by atoms with Crippen LogP contribution in [0.5, 0.6) is 0 Å². The number of nitrogens with one attached hydrogen (secondary N) is 1. The number of rotatable bonds is 1. The summed E-state index contributed by atoms with van der Waals surface area (Å²) in [5.74, 6) is -0.229. The molecule has 0 saturated carbocycles. The summed E-state index contributed by atoms with van der Waals surface area (Å²) in [6, 6.07) is 7.41. The Morgan fingerprint density at radius 2 is 2.05 bits per heavy atom. The summed E-state index contributed by atoms with van der Waals surface area (Å²) < 4.78 is 0. The summed E-state index contributed by atoms with van der Waals surface area (Å²) in [6.45, 7) is 2.36. The molecule has 96 valence electrons. The number of imide groups is 1. The quantitative estimate of drug-likeness (QED) is 0.847. The number of fused-ring (bicyclic) bond motifs is 1. The van der Waals surface area contributed by atoms with Crippen molar-refractivity contribution in [2.24, 2.45) is 0 Å². The number of carbonyl (C=O) groups is 2. The average Bonchev–Trinajstić information content (AvgIpc) is 2.41. The fraction of sp³-hybridized carbons (Fsp3) is 0.214. The first-order valence-corrected chi connectivity index (χ1v) is 6.12. The number of carbonyl (C=O) groups excluding carboxylic acids is 2. The average molecular weight is 255 g/mol. The summed E-state index contributed by atoms with van der Waals surface area (Å²) in [5, 5.41) is 3.34. The number of hydrogen-bond acceptors (Lipinski definition) is 3. The first-order chi connectivity index (χ1) is 9.16. The standard InChI is InChI=1S/C14H13N3O2/c1-9-10-4-2-3-5-11(10)15-8-12(9)17-7-6-13(18)16-14(17)19/h2-5,8H,6-7H2,1H3,(H,16,18,19). The molecular formula is C14H13N3O2. The van der Waals surface area contributed by atoms with Gasteiger partial charge in [-0.2, -0.15) is 0 Å². The molecular weight excluding hydrogens is 242 g/mol. The van der Waals surface area contributed by atoms with Crippen LogP contribution in [0.2, 0.25) is 0 Å². The van der Waals surface area contributed by atoms with Gasteiger partial charge in [-0.1, -0.05) is 18.2 Å². The maximum Gasteiger partial charge on any atom is 0.328 e. The molecule has 19 heavy (non-hydrogen) atoms. The van der Waals surface area contributed by atoms with E-state index in [2.05, 4.69) is 10.3 Å². The second kappa shape index (κ2) is 4.35. The molecule has 0 atom stereocenters. The Labute approximate surface area is 110 Å². The van der Waals surface area contributed by atoms with E-state index in [1.807, 2.05) is 31.2 Å². The number of urea groups is 1. The molecule has 0 spiro atoms. The Hall–Kier alpha value is -2.43. The minimum atomic E-state index is -0.378. The lowest BCUT2D eigenvalue weighted by Crippen LogP contribution is -2.49. The van der Waals surface area contributed by atoms with Crippen LogP contribution in [0, 0.1) is 6.92 Å². The zero-order valence-corrected chi connectivity index (χ0v) is 10.5. The second-order valence-electron chi connectivity index (χ2n) is 4.54. The van der Waals surface area contributed by atoms with E-state index in [-0.39, 0.29) is 11.9 Å². The Morgan fingerprint density at radius 3 is 2.84 bits per heavy atom. The maximum absolute atomic E-state index is 11.9.